The fourth-order valence-electron chi connectivity index (χ4n) is 2.93. The van der Waals surface area contributed by atoms with Gasteiger partial charge in [0.05, 0.1) is 5.41 Å². The van der Waals surface area contributed by atoms with Gasteiger partial charge in [0.15, 0.2) is 0 Å². The Bertz CT molecular complexity index is 690. The van der Waals surface area contributed by atoms with Gasteiger partial charge in [0.2, 0.25) is 0 Å². The number of carbonyl (C=O) groups excluding carboxylic acids is 2. The summed E-state index contributed by atoms with van der Waals surface area (Å²) in [7, 11) is 0. The molecule has 0 unspecified atom stereocenters. The van der Waals surface area contributed by atoms with Crippen molar-refractivity contribution in [3.8, 4) is 0 Å². The molecule has 1 fully saturated rings. The van der Waals surface area contributed by atoms with E-state index in [1.54, 1.807) is 20.8 Å². The summed E-state index contributed by atoms with van der Waals surface area (Å²) in [4.78, 5) is 37.4. The predicted octanol–water partition coefficient (Wildman–Crippen LogP) is 3.01. The minimum absolute atomic E-state index is 0.0574. The summed E-state index contributed by atoms with van der Waals surface area (Å²) in [5, 5.41) is 12.2. The number of carbonyl (C=O) groups is 3. The minimum Gasteiger partial charge on any atom is -0.481 e. The van der Waals surface area contributed by atoms with Gasteiger partial charge < -0.3 is 24.8 Å². The summed E-state index contributed by atoms with van der Waals surface area (Å²) < 4.78 is 10.5. The number of rotatable bonds is 5. The Morgan fingerprint density at radius 1 is 1.14 bits per heavy atom. The van der Waals surface area contributed by atoms with Crippen LogP contribution < -0.4 is 5.32 Å². The topological polar surface area (TPSA) is 105 Å². The Labute approximate surface area is 164 Å². The van der Waals surface area contributed by atoms with E-state index in [1.165, 1.54) is 4.90 Å². The summed E-state index contributed by atoms with van der Waals surface area (Å²) in [5.74, 6) is -1.00. The number of alkyl carbamates (subject to hydrolysis) is 1. The zero-order valence-electron chi connectivity index (χ0n) is 16.6. The number of nitrogens with zero attached hydrogens (tertiary/aromatic N) is 1. The average molecular weight is 392 g/mol. The van der Waals surface area contributed by atoms with Crippen molar-refractivity contribution in [2.75, 3.05) is 19.6 Å². The van der Waals surface area contributed by atoms with Crippen LogP contribution in [0.3, 0.4) is 0 Å². The van der Waals surface area contributed by atoms with Crippen LogP contribution in [0, 0.1) is 5.41 Å². The van der Waals surface area contributed by atoms with Crippen molar-refractivity contribution in [2.24, 2.45) is 5.41 Å². The van der Waals surface area contributed by atoms with Crippen LogP contribution in [-0.4, -0.2) is 53.4 Å². The monoisotopic (exact) mass is 392 g/mol. The first kappa shape index (κ1) is 21.5. The number of amides is 2. The van der Waals surface area contributed by atoms with Gasteiger partial charge in [-0.2, -0.15) is 0 Å². The van der Waals surface area contributed by atoms with Gasteiger partial charge in [0.1, 0.15) is 12.2 Å². The van der Waals surface area contributed by atoms with Crippen LogP contribution in [0.25, 0.3) is 0 Å². The van der Waals surface area contributed by atoms with Gasteiger partial charge in [-0.05, 0) is 39.2 Å². The lowest BCUT2D eigenvalue weighted by molar-refractivity contribution is -0.151. The molecule has 1 aromatic carbocycles. The molecule has 0 aliphatic carbocycles. The lowest BCUT2D eigenvalue weighted by Gasteiger charge is -2.39. The second-order valence-corrected chi connectivity index (χ2v) is 7.97. The number of benzene rings is 1. The highest BCUT2D eigenvalue weighted by Gasteiger charge is 2.43. The molecule has 8 nitrogen and oxygen atoms in total. The number of aliphatic carboxylic acids is 1. The van der Waals surface area contributed by atoms with Crippen molar-refractivity contribution in [1.29, 1.82) is 0 Å². The molecule has 2 rings (SSSR count). The Hall–Kier alpha value is -2.77. The van der Waals surface area contributed by atoms with E-state index in [9.17, 15) is 19.5 Å². The van der Waals surface area contributed by atoms with Crippen molar-refractivity contribution in [3.63, 3.8) is 0 Å². The number of ether oxygens (including phenoxy) is 2. The third-order valence-corrected chi connectivity index (χ3v) is 4.61. The summed E-state index contributed by atoms with van der Waals surface area (Å²) in [5.41, 5.74) is -0.900. The van der Waals surface area contributed by atoms with Crippen LogP contribution in [0.15, 0.2) is 30.3 Å². The second kappa shape index (κ2) is 8.95. The largest absolute Gasteiger partial charge is 0.481 e. The summed E-state index contributed by atoms with van der Waals surface area (Å²) >= 11 is 0. The number of hydrogen-bond donors (Lipinski definition) is 2. The van der Waals surface area contributed by atoms with Crippen molar-refractivity contribution < 1.29 is 29.0 Å². The highest BCUT2D eigenvalue weighted by Crippen LogP contribution is 2.32. The SMILES string of the molecule is CC(C)(C)OC(=O)N1CCC(CNC(=O)OCc2ccccc2)(C(=O)O)CC1. The fourth-order valence-corrected chi connectivity index (χ4v) is 2.93. The van der Waals surface area contributed by atoms with E-state index < -0.39 is 29.2 Å². The van der Waals surface area contributed by atoms with Gasteiger partial charge in [-0.15, -0.1) is 0 Å². The first-order chi connectivity index (χ1) is 13.1. The first-order valence-electron chi connectivity index (χ1n) is 9.27. The van der Waals surface area contributed by atoms with E-state index in [2.05, 4.69) is 5.32 Å². The molecule has 8 heteroatoms. The Morgan fingerprint density at radius 3 is 2.29 bits per heavy atom. The number of carboxylic acid groups (broad SMARTS) is 1. The minimum atomic E-state index is -1.13. The molecule has 1 saturated heterocycles. The van der Waals surface area contributed by atoms with Gasteiger partial charge in [0, 0.05) is 19.6 Å². The standard InChI is InChI=1S/C20H28N2O6/c1-19(2,3)28-18(26)22-11-9-20(10-12-22,16(23)24)14-21-17(25)27-13-15-7-5-4-6-8-15/h4-8H,9-14H2,1-3H3,(H,21,25)(H,23,24). The van der Waals surface area contributed by atoms with E-state index >= 15 is 0 Å². The fraction of sp³-hybridized carbons (Fsp3) is 0.550. The van der Waals surface area contributed by atoms with Gasteiger partial charge >= 0.3 is 18.2 Å². The van der Waals surface area contributed by atoms with Crippen molar-refractivity contribution in [1.82, 2.24) is 10.2 Å². The lowest BCUT2D eigenvalue weighted by atomic mass is 9.78. The highest BCUT2D eigenvalue weighted by atomic mass is 16.6. The second-order valence-electron chi connectivity index (χ2n) is 7.97. The van der Waals surface area contributed by atoms with Crippen LogP contribution >= 0.6 is 0 Å². The highest BCUT2D eigenvalue weighted by molar-refractivity contribution is 5.77. The quantitative estimate of drug-likeness (QED) is 0.798. The maximum atomic E-state index is 12.1. The molecule has 2 N–H and O–H groups in total. The summed E-state index contributed by atoms with van der Waals surface area (Å²) in [6, 6.07) is 9.21. The smallest absolute Gasteiger partial charge is 0.410 e. The molecule has 1 heterocycles. The van der Waals surface area contributed by atoms with E-state index in [1.807, 2.05) is 30.3 Å². The molecule has 0 saturated carbocycles. The third-order valence-electron chi connectivity index (χ3n) is 4.61. The zero-order valence-corrected chi connectivity index (χ0v) is 16.6. The van der Waals surface area contributed by atoms with Crippen LogP contribution in [0.5, 0.6) is 0 Å². The summed E-state index contributed by atoms with van der Waals surface area (Å²) in [6.07, 6.45) is -0.679. The molecule has 1 aromatic rings. The molecule has 2 amide bonds. The van der Waals surface area contributed by atoms with Gasteiger partial charge in [-0.1, -0.05) is 30.3 Å². The number of hydrogen-bond acceptors (Lipinski definition) is 5. The van der Waals surface area contributed by atoms with E-state index in [4.69, 9.17) is 9.47 Å². The molecule has 0 bridgehead atoms. The van der Waals surface area contributed by atoms with Crippen LogP contribution in [0.1, 0.15) is 39.2 Å². The molecular formula is C20H28N2O6. The molecular weight excluding hydrogens is 364 g/mol. The molecule has 0 radical (unpaired) electrons. The number of nitrogens with one attached hydrogen (secondary N) is 1. The maximum Gasteiger partial charge on any atom is 0.410 e. The molecule has 0 atom stereocenters. The normalized spacial score (nSPS) is 16.2. The molecule has 28 heavy (non-hydrogen) atoms. The molecule has 0 aromatic heterocycles. The van der Waals surface area contributed by atoms with E-state index in [0.717, 1.165) is 5.56 Å². The Kier molecular flexibility index (Phi) is 6.88. The molecule has 154 valence electrons. The van der Waals surface area contributed by atoms with Crippen molar-refractivity contribution in [2.45, 2.75) is 45.8 Å². The van der Waals surface area contributed by atoms with Crippen molar-refractivity contribution >= 4 is 18.2 Å². The van der Waals surface area contributed by atoms with Gasteiger partial charge in [-0.3, -0.25) is 4.79 Å². The number of likely N-dealkylation sites (tertiary alicyclic amines) is 1. The van der Waals surface area contributed by atoms with E-state index in [0.29, 0.717) is 0 Å². The van der Waals surface area contributed by atoms with Crippen LogP contribution in [0.2, 0.25) is 0 Å². The van der Waals surface area contributed by atoms with E-state index in [-0.39, 0.29) is 39.1 Å². The van der Waals surface area contributed by atoms with Crippen LogP contribution in [-0.2, 0) is 20.9 Å². The lowest BCUT2D eigenvalue weighted by Crippen LogP contribution is -2.52. The molecule has 1 aliphatic heterocycles. The number of piperidine rings is 1. The van der Waals surface area contributed by atoms with Crippen molar-refractivity contribution in [3.05, 3.63) is 35.9 Å². The maximum absolute atomic E-state index is 12.1. The Balaban J connectivity index is 1.85. The van der Waals surface area contributed by atoms with Gasteiger partial charge in [-0.25, -0.2) is 9.59 Å². The predicted molar refractivity (Wildman–Crippen MR) is 102 cm³/mol. The zero-order chi connectivity index (χ0) is 20.8. The van der Waals surface area contributed by atoms with Gasteiger partial charge in [0.25, 0.3) is 0 Å². The number of carboxylic acids is 1. The Morgan fingerprint density at radius 2 is 1.75 bits per heavy atom. The molecule has 0 spiro atoms. The average Bonchev–Trinajstić information content (AvgIpc) is 2.64. The summed E-state index contributed by atoms with van der Waals surface area (Å²) in [6.45, 7) is 5.89. The molecule has 1 aliphatic rings. The first-order valence-corrected chi connectivity index (χ1v) is 9.27. The third kappa shape index (κ3) is 6.14. The van der Waals surface area contributed by atoms with Crippen LogP contribution in [0.4, 0.5) is 9.59 Å².